The van der Waals surface area contributed by atoms with Crippen LogP contribution in [0.1, 0.15) is 17.3 Å². The van der Waals surface area contributed by atoms with Gasteiger partial charge in [0.2, 0.25) is 0 Å². The highest BCUT2D eigenvalue weighted by Crippen LogP contribution is 2.29. The van der Waals surface area contributed by atoms with Crippen LogP contribution in [-0.2, 0) is 9.84 Å². The topological polar surface area (TPSA) is 96.4 Å². The van der Waals surface area contributed by atoms with Gasteiger partial charge in [0.25, 0.3) is 5.91 Å². The van der Waals surface area contributed by atoms with Gasteiger partial charge in [0.1, 0.15) is 0 Å². The normalized spacial score (nSPS) is 12.4. The fraction of sp³-hybridized carbons (Fsp3) is 0.143. The van der Waals surface area contributed by atoms with E-state index in [-0.39, 0.29) is 10.6 Å². The molecule has 0 aliphatic heterocycles. The second-order valence-electron chi connectivity index (χ2n) is 6.52. The fourth-order valence-corrected chi connectivity index (χ4v) is 4.34. The minimum Gasteiger partial charge on any atom is -0.392 e. The Bertz CT molecular complexity index is 1120. The van der Waals surface area contributed by atoms with Crippen LogP contribution < -0.4 is 5.32 Å². The van der Waals surface area contributed by atoms with Gasteiger partial charge in [-0.25, -0.2) is 8.42 Å². The third-order valence-electron chi connectivity index (χ3n) is 4.10. The van der Waals surface area contributed by atoms with E-state index in [1.54, 1.807) is 30.5 Å². The zero-order chi connectivity index (χ0) is 21.0. The molecule has 0 unspecified atom stereocenters. The van der Waals surface area contributed by atoms with E-state index in [2.05, 4.69) is 10.3 Å². The lowest BCUT2D eigenvalue weighted by atomic mass is 10.1. The van der Waals surface area contributed by atoms with E-state index >= 15 is 0 Å². The molecule has 2 N–H and O–H groups in total. The number of aliphatic hydroxyl groups is 1. The third-order valence-corrected chi connectivity index (χ3v) is 6.34. The number of sulfone groups is 1. The summed E-state index contributed by atoms with van der Waals surface area (Å²) in [5.74, 6) is -0.765. The summed E-state index contributed by atoms with van der Waals surface area (Å²) in [7, 11) is -3.61. The molecular weight excluding hydrogens is 412 g/mol. The largest absolute Gasteiger partial charge is 0.392 e. The van der Waals surface area contributed by atoms with E-state index in [0.29, 0.717) is 27.5 Å². The van der Waals surface area contributed by atoms with Crippen molar-refractivity contribution in [3.8, 4) is 11.3 Å². The van der Waals surface area contributed by atoms with Crippen molar-refractivity contribution in [2.24, 2.45) is 0 Å². The molecule has 3 rings (SSSR count). The maximum atomic E-state index is 12.5. The van der Waals surface area contributed by atoms with Crippen LogP contribution in [-0.4, -0.2) is 36.3 Å². The minimum absolute atomic E-state index is 0.0545. The van der Waals surface area contributed by atoms with Crippen LogP contribution in [0.5, 0.6) is 0 Å². The SMILES string of the molecule is C[C@@H](O)CS(=O)(=O)c1ccc(C(=O)Nc2ccc(Cl)c(-c3ccccn3)c2)cc1. The Morgan fingerprint density at radius 2 is 1.86 bits per heavy atom. The van der Waals surface area contributed by atoms with Gasteiger partial charge in [0.05, 0.1) is 27.5 Å². The van der Waals surface area contributed by atoms with Gasteiger partial charge in [-0.15, -0.1) is 0 Å². The van der Waals surface area contributed by atoms with Crippen LogP contribution in [0, 0.1) is 0 Å². The lowest BCUT2D eigenvalue weighted by molar-refractivity contribution is 0.102. The number of carbonyl (C=O) groups excluding carboxylic acids is 1. The molecule has 0 radical (unpaired) electrons. The van der Waals surface area contributed by atoms with Crippen molar-refractivity contribution in [3.63, 3.8) is 0 Å². The van der Waals surface area contributed by atoms with Gasteiger partial charge in [-0.2, -0.15) is 0 Å². The monoisotopic (exact) mass is 430 g/mol. The van der Waals surface area contributed by atoms with Crippen LogP contribution in [0.15, 0.2) is 71.8 Å². The second-order valence-corrected chi connectivity index (χ2v) is 8.96. The van der Waals surface area contributed by atoms with Gasteiger partial charge >= 0.3 is 0 Å². The number of nitrogens with one attached hydrogen (secondary N) is 1. The van der Waals surface area contributed by atoms with E-state index in [1.807, 2.05) is 12.1 Å². The number of benzene rings is 2. The van der Waals surface area contributed by atoms with E-state index in [9.17, 15) is 18.3 Å². The summed E-state index contributed by atoms with van der Waals surface area (Å²) >= 11 is 6.25. The molecule has 1 atom stereocenters. The van der Waals surface area contributed by atoms with Gasteiger partial charge < -0.3 is 10.4 Å². The molecule has 1 aromatic heterocycles. The van der Waals surface area contributed by atoms with Crippen LogP contribution in [0.4, 0.5) is 5.69 Å². The summed E-state index contributed by atoms with van der Waals surface area (Å²) in [5.41, 5.74) is 2.20. The number of anilines is 1. The number of amides is 1. The molecule has 2 aromatic carbocycles. The number of aliphatic hydroxyl groups excluding tert-OH is 1. The first kappa shape index (κ1) is 21.0. The maximum absolute atomic E-state index is 12.5. The highest BCUT2D eigenvalue weighted by Gasteiger charge is 2.18. The molecular formula is C21H19ClN2O4S. The molecule has 29 heavy (non-hydrogen) atoms. The molecule has 150 valence electrons. The predicted molar refractivity (Wildman–Crippen MR) is 113 cm³/mol. The Labute approximate surface area is 174 Å². The molecule has 1 amide bonds. The zero-order valence-electron chi connectivity index (χ0n) is 15.5. The van der Waals surface area contributed by atoms with E-state index in [0.717, 1.165) is 0 Å². The molecule has 0 aliphatic carbocycles. The Morgan fingerprint density at radius 1 is 1.14 bits per heavy atom. The molecule has 8 heteroatoms. The molecule has 0 spiro atoms. The van der Waals surface area contributed by atoms with Crippen molar-refractivity contribution in [2.75, 3.05) is 11.1 Å². The zero-order valence-corrected chi connectivity index (χ0v) is 17.1. The second kappa shape index (κ2) is 8.73. The number of rotatable bonds is 6. The van der Waals surface area contributed by atoms with Gasteiger partial charge in [-0.05, 0) is 61.5 Å². The summed E-state index contributed by atoms with van der Waals surface area (Å²) in [4.78, 5) is 16.9. The Balaban J connectivity index is 1.79. The molecule has 6 nitrogen and oxygen atoms in total. The quantitative estimate of drug-likeness (QED) is 0.619. The number of nitrogens with zero attached hydrogens (tertiary/aromatic N) is 1. The van der Waals surface area contributed by atoms with E-state index < -0.39 is 21.8 Å². The first-order valence-electron chi connectivity index (χ1n) is 8.79. The Morgan fingerprint density at radius 3 is 2.48 bits per heavy atom. The van der Waals surface area contributed by atoms with Crippen molar-refractivity contribution in [3.05, 3.63) is 77.4 Å². The fourth-order valence-electron chi connectivity index (χ4n) is 2.75. The third kappa shape index (κ3) is 5.20. The van der Waals surface area contributed by atoms with Gasteiger partial charge in [0, 0.05) is 23.0 Å². The van der Waals surface area contributed by atoms with Crippen molar-refractivity contribution >= 4 is 33.0 Å². The number of aromatic nitrogens is 1. The van der Waals surface area contributed by atoms with Crippen molar-refractivity contribution in [2.45, 2.75) is 17.9 Å². The summed E-state index contributed by atoms with van der Waals surface area (Å²) in [6.07, 6.45) is 0.686. The highest BCUT2D eigenvalue weighted by atomic mass is 35.5. The van der Waals surface area contributed by atoms with Crippen molar-refractivity contribution in [1.29, 1.82) is 0 Å². The van der Waals surface area contributed by atoms with Gasteiger partial charge in [-0.1, -0.05) is 17.7 Å². The van der Waals surface area contributed by atoms with Crippen LogP contribution in [0.25, 0.3) is 11.3 Å². The van der Waals surface area contributed by atoms with E-state index in [1.165, 1.54) is 31.2 Å². The maximum Gasteiger partial charge on any atom is 0.255 e. The lowest BCUT2D eigenvalue weighted by Gasteiger charge is -2.10. The first-order chi connectivity index (χ1) is 13.8. The molecule has 0 saturated carbocycles. The number of hydrogen-bond acceptors (Lipinski definition) is 5. The number of halogens is 1. The van der Waals surface area contributed by atoms with Crippen molar-refractivity contribution in [1.82, 2.24) is 4.98 Å². The average Bonchev–Trinajstić information content (AvgIpc) is 2.69. The van der Waals surface area contributed by atoms with Crippen LogP contribution in [0.2, 0.25) is 5.02 Å². The first-order valence-corrected chi connectivity index (χ1v) is 10.8. The Kier molecular flexibility index (Phi) is 6.32. The number of hydrogen-bond donors (Lipinski definition) is 2. The van der Waals surface area contributed by atoms with Gasteiger partial charge in [-0.3, -0.25) is 9.78 Å². The average molecular weight is 431 g/mol. The number of carbonyl (C=O) groups is 1. The van der Waals surface area contributed by atoms with Crippen LogP contribution >= 0.6 is 11.6 Å². The predicted octanol–water partition coefficient (Wildman–Crippen LogP) is 3.81. The summed E-state index contributed by atoms with van der Waals surface area (Å²) in [6.45, 7) is 1.41. The highest BCUT2D eigenvalue weighted by molar-refractivity contribution is 7.91. The molecule has 0 aliphatic rings. The smallest absolute Gasteiger partial charge is 0.255 e. The number of pyridine rings is 1. The molecule has 1 heterocycles. The standard InChI is InChI=1S/C21H19ClN2O4S/c1-14(25)13-29(27,28)17-8-5-15(6-9-17)21(26)24-16-7-10-19(22)18(12-16)20-4-2-3-11-23-20/h2-12,14,25H,13H2,1H3,(H,24,26)/t14-/m1/s1. The molecule has 0 fully saturated rings. The van der Waals surface area contributed by atoms with Crippen molar-refractivity contribution < 1.29 is 18.3 Å². The van der Waals surface area contributed by atoms with Crippen LogP contribution in [0.3, 0.4) is 0 Å². The minimum atomic E-state index is -3.61. The lowest BCUT2D eigenvalue weighted by Crippen LogP contribution is -2.18. The van der Waals surface area contributed by atoms with Gasteiger partial charge in [0.15, 0.2) is 9.84 Å². The summed E-state index contributed by atoms with van der Waals surface area (Å²) in [6, 6.07) is 16.1. The summed E-state index contributed by atoms with van der Waals surface area (Å²) < 4.78 is 24.3. The molecule has 3 aromatic rings. The van der Waals surface area contributed by atoms with E-state index in [4.69, 9.17) is 11.6 Å². The molecule has 0 saturated heterocycles. The molecule has 0 bridgehead atoms. The summed E-state index contributed by atoms with van der Waals surface area (Å²) in [5, 5.41) is 12.6. The Hall–Kier alpha value is -2.74.